The van der Waals surface area contributed by atoms with E-state index in [2.05, 4.69) is 25.9 Å². The van der Waals surface area contributed by atoms with Crippen LogP contribution in [-0.4, -0.2) is 27.8 Å². The van der Waals surface area contributed by atoms with E-state index >= 15 is 0 Å². The van der Waals surface area contributed by atoms with Crippen molar-refractivity contribution >= 4 is 21.8 Å². The van der Waals surface area contributed by atoms with Crippen LogP contribution in [-0.2, 0) is 6.54 Å². The minimum atomic E-state index is -0.120. The smallest absolute Gasteiger partial charge is 0.289 e. The van der Waals surface area contributed by atoms with Gasteiger partial charge in [0.1, 0.15) is 0 Å². The van der Waals surface area contributed by atoms with Crippen molar-refractivity contribution in [3.63, 3.8) is 0 Å². The summed E-state index contributed by atoms with van der Waals surface area (Å²) in [6.45, 7) is 0.543. The van der Waals surface area contributed by atoms with Crippen LogP contribution in [0.2, 0.25) is 0 Å². The highest BCUT2D eigenvalue weighted by molar-refractivity contribution is 9.10. The Labute approximate surface area is 108 Å². The van der Waals surface area contributed by atoms with Gasteiger partial charge in [0.2, 0.25) is 0 Å². The molecular formula is C12H12BrN3O. The lowest BCUT2D eigenvalue weighted by Gasteiger charge is -2.16. The molecule has 0 fully saturated rings. The third-order valence-electron chi connectivity index (χ3n) is 2.41. The summed E-state index contributed by atoms with van der Waals surface area (Å²) >= 11 is 3.46. The van der Waals surface area contributed by atoms with Crippen molar-refractivity contribution < 1.29 is 4.79 Å². The molecule has 2 rings (SSSR count). The number of rotatable bonds is 3. The number of carbonyl (C=O) groups excluding carboxylic acids is 1. The molecule has 1 amide bonds. The van der Waals surface area contributed by atoms with E-state index in [1.54, 1.807) is 24.3 Å². The molecule has 1 heterocycles. The molecule has 1 aromatic carbocycles. The fourth-order valence-electron chi connectivity index (χ4n) is 1.52. The van der Waals surface area contributed by atoms with Crippen LogP contribution >= 0.6 is 15.9 Å². The number of hydrogen-bond donors (Lipinski definition) is 1. The van der Waals surface area contributed by atoms with Crippen molar-refractivity contribution in [2.45, 2.75) is 6.54 Å². The van der Waals surface area contributed by atoms with E-state index in [9.17, 15) is 4.79 Å². The molecule has 0 spiro atoms. The third-order valence-corrected chi connectivity index (χ3v) is 3.19. The van der Waals surface area contributed by atoms with Crippen LogP contribution in [0.15, 0.2) is 41.1 Å². The Balaban J connectivity index is 2.10. The minimum absolute atomic E-state index is 0.120. The second-order valence-corrected chi connectivity index (χ2v) is 4.54. The van der Waals surface area contributed by atoms with Crippen molar-refractivity contribution in [2.75, 3.05) is 7.05 Å². The van der Waals surface area contributed by atoms with Gasteiger partial charge in [-0.3, -0.25) is 4.79 Å². The molecule has 2 aromatic rings. The first-order valence-electron chi connectivity index (χ1n) is 5.16. The van der Waals surface area contributed by atoms with Gasteiger partial charge in [-0.05, 0) is 11.6 Å². The number of aromatic amines is 1. The van der Waals surface area contributed by atoms with Gasteiger partial charge in [0.25, 0.3) is 5.91 Å². The molecule has 0 saturated carbocycles. The lowest BCUT2D eigenvalue weighted by atomic mass is 10.2. The number of halogens is 1. The first-order chi connectivity index (χ1) is 8.18. The maximum atomic E-state index is 11.9. The Hall–Kier alpha value is -1.62. The van der Waals surface area contributed by atoms with Crippen LogP contribution in [0.5, 0.6) is 0 Å². The zero-order valence-corrected chi connectivity index (χ0v) is 10.9. The van der Waals surface area contributed by atoms with Gasteiger partial charge in [0.15, 0.2) is 5.82 Å². The number of benzene rings is 1. The Morgan fingerprint density at radius 3 is 2.88 bits per heavy atom. The zero-order valence-electron chi connectivity index (χ0n) is 9.35. The summed E-state index contributed by atoms with van der Waals surface area (Å²) in [4.78, 5) is 20.3. The zero-order chi connectivity index (χ0) is 12.3. The predicted octanol–water partition coefficient (Wildman–Crippen LogP) is 2.44. The fourth-order valence-corrected chi connectivity index (χ4v) is 1.93. The van der Waals surface area contributed by atoms with E-state index in [-0.39, 0.29) is 5.91 Å². The number of hydrogen-bond acceptors (Lipinski definition) is 2. The van der Waals surface area contributed by atoms with Crippen LogP contribution in [0.3, 0.4) is 0 Å². The lowest BCUT2D eigenvalue weighted by molar-refractivity contribution is 0.0774. The molecule has 1 aromatic heterocycles. The normalized spacial score (nSPS) is 10.2. The Bertz CT molecular complexity index is 510. The molecule has 0 bridgehead atoms. The molecule has 88 valence electrons. The highest BCUT2D eigenvalue weighted by Gasteiger charge is 2.14. The summed E-state index contributed by atoms with van der Waals surface area (Å²) in [6, 6.07) is 7.84. The second-order valence-electron chi connectivity index (χ2n) is 3.69. The summed E-state index contributed by atoms with van der Waals surface area (Å²) in [5, 5.41) is 0. The van der Waals surface area contributed by atoms with Gasteiger partial charge < -0.3 is 9.88 Å². The van der Waals surface area contributed by atoms with Gasteiger partial charge in [-0.1, -0.05) is 34.1 Å². The molecule has 4 nitrogen and oxygen atoms in total. The topological polar surface area (TPSA) is 49.0 Å². The highest BCUT2D eigenvalue weighted by Crippen LogP contribution is 2.17. The molecule has 0 aliphatic carbocycles. The quantitative estimate of drug-likeness (QED) is 0.945. The number of imidazole rings is 1. The monoisotopic (exact) mass is 293 g/mol. The fraction of sp³-hybridized carbons (Fsp3) is 0.167. The molecule has 17 heavy (non-hydrogen) atoms. The van der Waals surface area contributed by atoms with Gasteiger partial charge in [0, 0.05) is 30.5 Å². The summed E-state index contributed by atoms with van der Waals surface area (Å²) < 4.78 is 0.999. The van der Waals surface area contributed by atoms with E-state index in [1.807, 2.05) is 24.3 Å². The molecule has 0 unspecified atom stereocenters. The van der Waals surface area contributed by atoms with Gasteiger partial charge in [-0.2, -0.15) is 0 Å². The summed E-state index contributed by atoms with van der Waals surface area (Å²) in [5.74, 6) is 0.241. The number of amides is 1. The summed E-state index contributed by atoms with van der Waals surface area (Å²) in [6.07, 6.45) is 3.21. The third kappa shape index (κ3) is 2.74. The van der Waals surface area contributed by atoms with Crippen LogP contribution in [0.25, 0.3) is 0 Å². The van der Waals surface area contributed by atoms with Crippen molar-refractivity contribution in [3.8, 4) is 0 Å². The number of nitrogens with one attached hydrogen (secondary N) is 1. The van der Waals surface area contributed by atoms with Crippen LogP contribution < -0.4 is 0 Å². The van der Waals surface area contributed by atoms with E-state index in [0.717, 1.165) is 10.0 Å². The van der Waals surface area contributed by atoms with Gasteiger partial charge in [-0.15, -0.1) is 0 Å². The van der Waals surface area contributed by atoms with Crippen molar-refractivity contribution in [1.82, 2.24) is 14.9 Å². The number of H-pyrrole nitrogens is 1. The second kappa shape index (κ2) is 5.14. The van der Waals surface area contributed by atoms with E-state index in [4.69, 9.17) is 0 Å². The SMILES string of the molecule is CN(Cc1ccccc1Br)C(=O)c1ncc[nH]1. The number of aromatic nitrogens is 2. The molecule has 1 N–H and O–H groups in total. The number of carbonyl (C=O) groups is 1. The summed E-state index contributed by atoms with van der Waals surface area (Å²) in [5.41, 5.74) is 1.06. The first-order valence-corrected chi connectivity index (χ1v) is 5.96. The van der Waals surface area contributed by atoms with E-state index < -0.39 is 0 Å². The molecule has 0 atom stereocenters. The predicted molar refractivity (Wildman–Crippen MR) is 68.5 cm³/mol. The highest BCUT2D eigenvalue weighted by atomic mass is 79.9. The molecule has 0 aliphatic rings. The average Bonchev–Trinajstić information content (AvgIpc) is 2.84. The first kappa shape index (κ1) is 11.9. The Morgan fingerprint density at radius 1 is 1.47 bits per heavy atom. The van der Waals surface area contributed by atoms with Gasteiger partial charge >= 0.3 is 0 Å². The largest absolute Gasteiger partial charge is 0.341 e. The molecule has 0 saturated heterocycles. The summed E-state index contributed by atoms with van der Waals surface area (Å²) in [7, 11) is 1.75. The minimum Gasteiger partial charge on any atom is -0.341 e. The van der Waals surface area contributed by atoms with Crippen molar-refractivity contribution in [3.05, 3.63) is 52.5 Å². The lowest BCUT2D eigenvalue weighted by Crippen LogP contribution is -2.27. The van der Waals surface area contributed by atoms with Crippen molar-refractivity contribution in [2.24, 2.45) is 0 Å². The van der Waals surface area contributed by atoms with Crippen LogP contribution in [0, 0.1) is 0 Å². The molecular weight excluding hydrogens is 282 g/mol. The van der Waals surface area contributed by atoms with Crippen LogP contribution in [0.4, 0.5) is 0 Å². The van der Waals surface area contributed by atoms with Crippen LogP contribution in [0.1, 0.15) is 16.2 Å². The number of nitrogens with zero attached hydrogens (tertiary/aromatic N) is 2. The molecule has 5 heteroatoms. The maximum absolute atomic E-state index is 11.9. The average molecular weight is 294 g/mol. The maximum Gasteiger partial charge on any atom is 0.289 e. The van der Waals surface area contributed by atoms with Gasteiger partial charge in [0.05, 0.1) is 0 Å². The Morgan fingerprint density at radius 2 is 2.24 bits per heavy atom. The van der Waals surface area contributed by atoms with Crippen molar-refractivity contribution in [1.29, 1.82) is 0 Å². The van der Waals surface area contributed by atoms with Gasteiger partial charge in [-0.25, -0.2) is 4.98 Å². The standard InChI is InChI=1S/C12H12BrN3O/c1-16(12(17)11-14-6-7-15-11)8-9-4-2-3-5-10(9)13/h2-7H,8H2,1H3,(H,14,15). The van der Waals surface area contributed by atoms with E-state index in [1.165, 1.54) is 0 Å². The Kier molecular flexibility index (Phi) is 3.58. The molecule has 0 radical (unpaired) electrons. The molecule has 0 aliphatic heterocycles. The van der Waals surface area contributed by atoms with E-state index in [0.29, 0.717) is 12.4 Å².